The van der Waals surface area contributed by atoms with Gasteiger partial charge in [0.05, 0.1) is 0 Å². The van der Waals surface area contributed by atoms with Crippen LogP contribution in [0.4, 0.5) is 0 Å². The fraction of sp³-hybridized carbons (Fsp3) is 0.294. The molecule has 2 rings (SSSR count). The predicted octanol–water partition coefficient (Wildman–Crippen LogP) is 3.97. The summed E-state index contributed by atoms with van der Waals surface area (Å²) in [5.74, 6) is 0.911. The van der Waals surface area contributed by atoms with Crippen molar-refractivity contribution in [3.05, 3.63) is 65.7 Å². The maximum atomic E-state index is 5.76. The maximum absolute atomic E-state index is 5.76. The van der Waals surface area contributed by atoms with Gasteiger partial charge in [0, 0.05) is 6.04 Å². The van der Waals surface area contributed by atoms with E-state index in [-0.39, 0.29) is 18.4 Å². The van der Waals surface area contributed by atoms with Crippen LogP contribution in [0.1, 0.15) is 24.5 Å². The predicted molar refractivity (Wildman–Crippen MR) is 86.4 cm³/mol. The Morgan fingerprint density at radius 3 is 2.20 bits per heavy atom. The van der Waals surface area contributed by atoms with Gasteiger partial charge in [0.15, 0.2) is 0 Å². The quantitative estimate of drug-likeness (QED) is 0.874. The summed E-state index contributed by atoms with van der Waals surface area (Å²) in [6, 6.07) is 18.7. The number of nitrogens with two attached hydrogens (primary N) is 1. The topological polar surface area (TPSA) is 35.2 Å². The van der Waals surface area contributed by atoms with Gasteiger partial charge in [0.25, 0.3) is 0 Å². The van der Waals surface area contributed by atoms with Gasteiger partial charge in [-0.3, -0.25) is 0 Å². The van der Waals surface area contributed by atoms with Crippen LogP contribution in [0.25, 0.3) is 0 Å². The summed E-state index contributed by atoms with van der Waals surface area (Å²) in [6.07, 6.45) is 2.04. The zero-order valence-corrected chi connectivity index (χ0v) is 12.6. The third kappa shape index (κ3) is 5.64. The van der Waals surface area contributed by atoms with Crippen molar-refractivity contribution in [3.8, 4) is 5.75 Å². The number of aryl methyl sites for hydroxylation is 1. The van der Waals surface area contributed by atoms with Crippen molar-refractivity contribution in [2.24, 2.45) is 5.73 Å². The highest BCUT2D eigenvalue weighted by Gasteiger charge is 1.99. The lowest BCUT2D eigenvalue weighted by atomic mass is 10.1. The summed E-state index contributed by atoms with van der Waals surface area (Å²) >= 11 is 0. The first-order chi connectivity index (χ1) is 9.24. The largest absolute Gasteiger partial charge is 0.489 e. The highest BCUT2D eigenvalue weighted by atomic mass is 35.5. The first-order valence-electron chi connectivity index (χ1n) is 6.75. The highest BCUT2D eigenvalue weighted by molar-refractivity contribution is 5.85. The molecule has 0 radical (unpaired) electrons. The number of benzene rings is 2. The summed E-state index contributed by atoms with van der Waals surface area (Å²) < 4.78 is 5.75. The molecule has 0 amide bonds. The Morgan fingerprint density at radius 2 is 1.60 bits per heavy atom. The monoisotopic (exact) mass is 291 g/mol. The van der Waals surface area contributed by atoms with Crippen molar-refractivity contribution < 1.29 is 4.74 Å². The Hall–Kier alpha value is -1.51. The third-order valence-corrected chi connectivity index (χ3v) is 3.06. The fourth-order valence-corrected chi connectivity index (χ4v) is 1.89. The van der Waals surface area contributed by atoms with Gasteiger partial charge < -0.3 is 10.5 Å². The first-order valence-corrected chi connectivity index (χ1v) is 6.75. The third-order valence-electron chi connectivity index (χ3n) is 3.06. The van der Waals surface area contributed by atoms with Crippen LogP contribution in [-0.4, -0.2) is 6.04 Å². The number of rotatable bonds is 6. The molecule has 2 aromatic rings. The van der Waals surface area contributed by atoms with E-state index in [9.17, 15) is 0 Å². The van der Waals surface area contributed by atoms with Gasteiger partial charge in [-0.05, 0) is 43.0 Å². The van der Waals surface area contributed by atoms with Crippen LogP contribution in [0.5, 0.6) is 5.75 Å². The van der Waals surface area contributed by atoms with Crippen molar-refractivity contribution in [2.75, 3.05) is 0 Å². The molecule has 0 aliphatic rings. The molecule has 0 bridgehead atoms. The zero-order valence-electron chi connectivity index (χ0n) is 11.8. The van der Waals surface area contributed by atoms with E-state index in [2.05, 4.69) is 24.3 Å². The number of halogens is 1. The van der Waals surface area contributed by atoms with Crippen LogP contribution in [-0.2, 0) is 13.0 Å². The minimum Gasteiger partial charge on any atom is -0.489 e. The van der Waals surface area contributed by atoms with Gasteiger partial charge in [-0.2, -0.15) is 0 Å². The average Bonchev–Trinajstić information content (AvgIpc) is 2.45. The van der Waals surface area contributed by atoms with Gasteiger partial charge in [-0.15, -0.1) is 12.4 Å². The number of hydrogen-bond donors (Lipinski definition) is 1. The van der Waals surface area contributed by atoms with Crippen molar-refractivity contribution in [3.63, 3.8) is 0 Å². The Labute approximate surface area is 127 Å². The van der Waals surface area contributed by atoms with Crippen LogP contribution in [0, 0.1) is 0 Å². The lowest BCUT2D eigenvalue weighted by Gasteiger charge is -2.08. The van der Waals surface area contributed by atoms with E-state index >= 15 is 0 Å². The van der Waals surface area contributed by atoms with Gasteiger partial charge in [-0.25, -0.2) is 0 Å². The highest BCUT2D eigenvalue weighted by Crippen LogP contribution is 2.15. The Bertz CT molecular complexity index is 482. The van der Waals surface area contributed by atoms with E-state index in [0.29, 0.717) is 6.61 Å². The van der Waals surface area contributed by atoms with E-state index in [1.165, 1.54) is 11.1 Å². The molecule has 0 saturated carbocycles. The molecule has 2 nitrogen and oxygen atoms in total. The van der Waals surface area contributed by atoms with Crippen molar-refractivity contribution in [2.45, 2.75) is 32.4 Å². The molecule has 0 aliphatic heterocycles. The Kier molecular flexibility index (Phi) is 7.13. The lowest BCUT2D eigenvalue weighted by Crippen LogP contribution is -2.15. The molecule has 0 fully saturated rings. The standard InChI is InChI=1S/C17H21NO.ClH/c1-14(18)7-8-15-9-11-17(12-10-15)19-13-16-5-3-2-4-6-16;/h2-6,9-12,14H,7-8,13,18H2,1H3;1H/t14-;/m1./s1. The maximum Gasteiger partial charge on any atom is 0.119 e. The smallest absolute Gasteiger partial charge is 0.119 e. The Balaban J connectivity index is 0.00000200. The second-order valence-corrected chi connectivity index (χ2v) is 4.93. The van der Waals surface area contributed by atoms with Crippen LogP contribution in [0.3, 0.4) is 0 Å². The van der Waals surface area contributed by atoms with Crippen LogP contribution in [0.2, 0.25) is 0 Å². The molecule has 2 N–H and O–H groups in total. The minimum atomic E-state index is 0. The molecule has 0 spiro atoms. The molecule has 0 unspecified atom stereocenters. The summed E-state index contributed by atoms with van der Waals surface area (Å²) in [5.41, 5.74) is 8.25. The van der Waals surface area contributed by atoms with Gasteiger partial charge in [-0.1, -0.05) is 42.5 Å². The second kappa shape index (κ2) is 8.62. The van der Waals surface area contributed by atoms with E-state index in [1.807, 2.05) is 37.3 Å². The van der Waals surface area contributed by atoms with E-state index in [0.717, 1.165) is 18.6 Å². The molecule has 3 heteroatoms. The van der Waals surface area contributed by atoms with Crippen LogP contribution >= 0.6 is 12.4 Å². The van der Waals surface area contributed by atoms with Gasteiger partial charge in [0.1, 0.15) is 12.4 Å². The van der Waals surface area contributed by atoms with Crippen LogP contribution < -0.4 is 10.5 Å². The van der Waals surface area contributed by atoms with Crippen LogP contribution in [0.15, 0.2) is 54.6 Å². The van der Waals surface area contributed by atoms with Crippen molar-refractivity contribution >= 4 is 12.4 Å². The van der Waals surface area contributed by atoms with Crippen molar-refractivity contribution in [1.29, 1.82) is 0 Å². The number of hydrogen-bond acceptors (Lipinski definition) is 2. The summed E-state index contributed by atoms with van der Waals surface area (Å²) in [5, 5.41) is 0. The molecule has 1 atom stereocenters. The van der Waals surface area contributed by atoms with E-state index < -0.39 is 0 Å². The molecule has 0 aromatic heterocycles. The van der Waals surface area contributed by atoms with Gasteiger partial charge >= 0.3 is 0 Å². The SMILES string of the molecule is C[C@@H](N)CCc1ccc(OCc2ccccc2)cc1.Cl. The Morgan fingerprint density at radius 1 is 0.950 bits per heavy atom. The lowest BCUT2D eigenvalue weighted by molar-refractivity contribution is 0.306. The summed E-state index contributed by atoms with van der Waals surface area (Å²) in [7, 11) is 0. The molecule has 0 heterocycles. The summed E-state index contributed by atoms with van der Waals surface area (Å²) in [6.45, 7) is 2.65. The molecule has 0 aliphatic carbocycles. The molecule has 20 heavy (non-hydrogen) atoms. The molecular formula is C17H22ClNO. The average molecular weight is 292 g/mol. The van der Waals surface area contributed by atoms with Gasteiger partial charge in [0.2, 0.25) is 0 Å². The minimum absolute atomic E-state index is 0. The second-order valence-electron chi connectivity index (χ2n) is 4.93. The molecular weight excluding hydrogens is 270 g/mol. The zero-order chi connectivity index (χ0) is 13.5. The summed E-state index contributed by atoms with van der Waals surface area (Å²) in [4.78, 5) is 0. The fourth-order valence-electron chi connectivity index (χ4n) is 1.89. The van der Waals surface area contributed by atoms with E-state index in [1.54, 1.807) is 0 Å². The molecule has 108 valence electrons. The number of ether oxygens (including phenoxy) is 1. The van der Waals surface area contributed by atoms with E-state index in [4.69, 9.17) is 10.5 Å². The first kappa shape index (κ1) is 16.5. The molecule has 0 saturated heterocycles. The molecule has 2 aromatic carbocycles. The normalized spacial score (nSPS) is 11.5. The van der Waals surface area contributed by atoms with Crippen molar-refractivity contribution in [1.82, 2.24) is 0 Å².